The normalized spacial score (nSPS) is 24.6. The van der Waals surface area contributed by atoms with Gasteiger partial charge in [-0.1, -0.05) is 78.6 Å². The first kappa shape index (κ1) is 17.0. The molecule has 0 amide bonds. The highest BCUT2D eigenvalue weighted by molar-refractivity contribution is 4.76. The molecule has 1 N–H and O–H groups in total. The van der Waals surface area contributed by atoms with Gasteiger partial charge in [0.1, 0.15) is 0 Å². The van der Waals surface area contributed by atoms with Crippen LogP contribution in [-0.2, 0) is 0 Å². The number of nitrogens with one attached hydrogen (secondary N) is 1. The minimum atomic E-state index is 0.786. The van der Waals surface area contributed by atoms with Crippen LogP contribution in [0.3, 0.4) is 0 Å². The third-order valence-electron chi connectivity index (χ3n) is 4.70. The Balaban J connectivity index is 2.28. The monoisotopic (exact) mass is 267 g/mol. The highest BCUT2D eigenvalue weighted by Crippen LogP contribution is 2.32. The van der Waals surface area contributed by atoms with E-state index in [0.717, 1.165) is 17.8 Å². The first-order valence-electron chi connectivity index (χ1n) is 8.94. The highest BCUT2D eigenvalue weighted by atomic mass is 14.9. The Labute approximate surface area is 121 Å². The fourth-order valence-electron chi connectivity index (χ4n) is 3.50. The summed E-state index contributed by atoms with van der Waals surface area (Å²) >= 11 is 0. The molecule has 1 aliphatic rings. The molecule has 0 bridgehead atoms. The minimum Gasteiger partial charge on any atom is -0.316 e. The fourth-order valence-corrected chi connectivity index (χ4v) is 3.50. The molecule has 2 unspecified atom stereocenters. The second-order valence-corrected chi connectivity index (χ2v) is 7.06. The molecule has 2 atom stereocenters. The summed E-state index contributed by atoms with van der Waals surface area (Å²) in [5.41, 5.74) is 0. The van der Waals surface area contributed by atoms with Gasteiger partial charge in [0.2, 0.25) is 0 Å². The number of unbranched alkanes of at least 4 members (excludes halogenated alkanes) is 3. The lowest BCUT2D eigenvalue weighted by molar-refractivity contribution is 0.273. The van der Waals surface area contributed by atoms with Crippen molar-refractivity contribution in [1.82, 2.24) is 5.32 Å². The van der Waals surface area contributed by atoms with Gasteiger partial charge in [0.05, 0.1) is 0 Å². The second-order valence-electron chi connectivity index (χ2n) is 7.06. The fraction of sp³-hybridized carbons (Fsp3) is 1.00. The maximum Gasteiger partial charge on any atom is -0.00178 e. The maximum atomic E-state index is 3.71. The Morgan fingerprint density at radius 2 is 1.68 bits per heavy atom. The maximum absolute atomic E-state index is 3.71. The van der Waals surface area contributed by atoms with Crippen LogP contribution in [0.2, 0.25) is 0 Å². The molecule has 0 aromatic carbocycles. The first-order valence-corrected chi connectivity index (χ1v) is 8.94. The van der Waals surface area contributed by atoms with Crippen molar-refractivity contribution in [3.05, 3.63) is 0 Å². The molecule has 114 valence electrons. The standard InChI is InChI=1S/C18H37N/c1-4-5-6-8-11-17-12-9-7-10-13-18(17)15-19-14-16(2)3/h16-19H,4-15H2,1-3H3. The third-order valence-corrected chi connectivity index (χ3v) is 4.70. The van der Waals surface area contributed by atoms with Gasteiger partial charge in [0, 0.05) is 0 Å². The van der Waals surface area contributed by atoms with E-state index >= 15 is 0 Å². The Bertz CT molecular complexity index is 200. The van der Waals surface area contributed by atoms with E-state index in [1.807, 2.05) is 0 Å². The van der Waals surface area contributed by atoms with Gasteiger partial charge < -0.3 is 5.32 Å². The van der Waals surface area contributed by atoms with Crippen LogP contribution in [0.25, 0.3) is 0 Å². The van der Waals surface area contributed by atoms with Crippen molar-refractivity contribution in [2.45, 2.75) is 85.0 Å². The Morgan fingerprint density at radius 1 is 0.947 bits per heavy atom. The molecule has 0 spiro atoms. The predicted octanol–water partition coefficient (Wildman–Crippen LogP) is 5.40. The van der Waals surface area contributed by atoms with Gasteiger partial charge in [-0.05, 0) is 37.3 Å². The molecule has 0 aromatic rings. The molecule has 1 nitrogen and oxygen atoms in total. The van der Waals surface area contributed by atoms with E-state index in [4.69, 9.17) is 0 Å². The van der Waals surface area contributed by atoms with Gasteiger partial charge in [0.15, 0.2) is 0 Å². The molecule has 0 aliphatic heterocycles. The largest absolute Gasteiger partial charge is 0.316 e. The molecule has 1 aliphatic carbocycles. The number of rotatable bonds is 9. The first-order chi connectivity index (χ1) is 9.24. The molecule has 0 heterocycles. The molecule has 19 heavy (non-hydrogen) atoms. The van der Waals surface area contributed by atoms with E-state index in [1.165, 1.54) is 77.3 Å². The van der Waals surface area contributed by atoms with E-state index in [-0.39, 0.29) is 0 Å². The molecule has 1 fully saturated rings. The van der Waals surface area contributed by atoms with Gasteiger partial charge in [-0.15, -0.1) is 0 Å². The average Bonchev–Trinajstić information content (AvgIpc) is 2.60. The smallest absolute Gasteiger partial charge is 0.00178 e. The number of hydrogen-bond acceptors (Lipinski definition) is 1. The van der Waals surface area contributed by atoms with Gasteiger partial charge in [-0.3, -0.25) is 0 Å². The van der Waals surface area contributed by atoms with E-state index < -0.39 is 0 Å². The van der Waals surface area contributed by atoms with Crippen molar-refractivity contribution in [3.8, 4) is 0 Å². The molecule has 0 saturated heterocycles. The third kappa shape index (κ3) is 7.97. The summed E-state index contributed by atoms with van der Waals surface area (Å²) in [5, 5.41) is 3.71. The van der Waals surface area contributed by atoms with E-state index in [0.29, 0.717) is 0 Å². The molecule has 1 rings (SSSR count). The van der Waals surface area contributed by atoms with Gasteiger partial charge in [-0.2, -0.15) is 0 Å². The summed E-state index contributed by atoms with van der Waals surface area (Å²) in [4.78, 5) is 0. The Morgan fingerprint density at radius 3 is 2.37 bits per heavy atom. The van der Waals surface area contributed by atoms with E-state index in [2.05, 4.69) is 26.1 Å². The lowest BCUT2D eigenvalue weighted by Gasteiger charge is -2.26. The lowest BCUT2D eigenvalue weighted by Crippen LogP contribution is -2.30. The van der Waals surface area contributed by atoms with Crippen LogP contribution in [0.4, 0.5) is 0 Å². The summed E-state index contributed by atoms with van der Waals surface area (Å²) in [6.07, 6.45) is 14.6. The molecule has 0 radical (unpaired) electrons. The van der Waals surface area contributed by atoms with E-state index in [1.54, 1.807) is 0 Å². The average molecular weight is 268 g/mol. The summed E-state index contributed by atoms with van der Waals surface area (Å²) in [6.45, 7) is 9.39. The van der Waals surface area contributed by atoms with Crippen LogP contribution < -0.4 is 5.32 Å². The zero-order chi connectivity index (χ0) is 13.9. The molecule has 0 aromatic heterocycles. The topological polar surface area (TPSA) is 12.0 Å². The lowest BCUT2D eigenvalue weighted by atomic mass is 9.84. The number of hydrogen-bond donors (Lipinski definition) is 1. The van der Waals surface area contributed by atoms with Crippen LogP contribution in [0, 0.1) is 17.8 Å². The zero-order valence-corrected chi connectivity index (χ0v) is 13.7. The van der Waals surface area contributed by atoms with Crippen LogP contribution >= 0.6 is 0 Å². The quantitative estimate of drug-likeness (QED) is 0.436. The van der Waals surface area contributed by atoms with Crippen LogP contribution in [-0.4, -0.2) is 13.1 Å². The second kappa shape index (κ2) is 10.7. The van der Waals surface area contributed by atoms with Crippen molar-refractivity contribution in [2.24, 2.45) is 17.8 Å². The molecule has 1 saturated carbocycles. The molecular weight excluding hydrogens is 230 g/mol. The van der Waals surface area contributed by atoms with Crippen molar-refractivity contribution < 1.29 is 0 Å². The van der Waals surface area contributed by atoms with Crippen molar-refractivity contribution in [3.63, 3.8) is 0 Å². The Kier molecular flexibility index (Phi) is 9.59. The SMILES string of the molecule is CCCCCCC1CCCCCC1CNCC(C)C. The highest BCUT2D eigenvalue weighted by Gasteiger charge is 2.22. The summed E-state index contributed by atoms with van der Waals surface area (Å²) in [7, 11) is 0. The van der Waals surface area contributed by atoms with Crippen molar-refractivity contribution >= 4 is 0 Å². The summed E-state index contributed by atoms with van der Waals surface area (Å²) in [5.74, 6) is 2.76. The van der Waals surface area contributed by atoms with Crippen molar-refractivity contribution in [1.29, 1.82) is 0 Å². The molecule has 1 heteroatoms. The van der Waals surface area contributed by atoms with E-state index in [9.17, 15) is 0 Å². The van der Waals surface area contributed by atoms with Gasteiger partial charge in [0.25, 0.3) is 0 Å². The van der Waals surface area contributed by atoms with Crippen LogP contribution in [0.15, 0.2) is 0 Å². The summed E-state index contributed by atoms with van der Waals surface area (Å²) in [6, 6.07) is 0. The zero-order valence-electron chi connectivity index (χ0n) is 13.7. The molecular formula is C18H37N. The van der Waals surface area contributed by atoms with Crippen molar-refractivity contribution in [2.75, 3.05) is 13.1 Å². The summed E-state index contributed by atoms with van der Waals surface area (Å²) < 4.78 is 0. The van der Waals surface area contributed by atoms with Gasteiger partial charge in [-0.25, -0.2) is 0 Å². The van der Waals surface area contributed by atoms with Gasteiger partial charge >= 0.3 is 0 Å². The minimum absolute atomic E-state index is 0.786. The van der Waals surface area contributed by atoms with Crippen LogP contribution in [0.5, 0.6) is 0 Å². The predicted molar refractivity (Wildman–Crippen MR) is 86.5 cm³/mol. The Hall–Kier alpha value is -0.0400. The van der Waals surface area contributed by atoms with Crippen LogP contribution in [0.1, 0.15) is 85.0 Å².